The third-order valence-corrected chi connectivity index (χ3v) is 13.0. The lowest BCUT2D eigenvalue weighted by molar-refractivity contribution is -0.167. The van der Waals surface area contributed by atoms with Gasteiger partial charge in [0.15, 0.2) is 6.10 Å². The molecular weight excluding hydrogens is 841 g/mol. The molecule has 0 aliphatic carbocycles. The van der Waals surface area contributed by atoms with Crippen molar-refractivity contribution in [1.82, 2.24) is 0 Å². The van der Waals surface area contributed by atoms with E-state index >= 15 is 0 Å². The van der Waals surface area contributed by atoms with Gasteiger partial charge in [0.2, 0.25) is 0 Å². The van der Waals surface area contributed by atoms with E-state index in [4.69, 9.17) is 14.2 Å². The summed E-state index contributed by atoms with van der Waals surface area (Å²) in [5.74, 6) is -0.879. The molecule has 0 amide bonds. The quantitative estimate of drug-likeness (QED) is 0.0262. The van der Waals surface area contributed by atoms with E-state index in [0.29, 0.717) is 19.3 Å². The highest BCUT2D eigenvalue weighted by Gasteiger charge is 2.19. The first kappa shape index (κ1) is 65.4. The second-order valence-corrected chi connectivity index (χ2v) is 19.9. The van der Waals surface area contributed by atoms with E-state index < -0.39 is 6.10 Å². The van der Waals surface area contributed by atoms with Crippen LogP contribution in [0.1, 0.15) is 310 Å². The molecule has 1 atom stereocenters. The van der Waals surface area contributed by atoms with Crippen LogP contribution in [0.4, 0.5) is 0 Å². The Morgan fingerprint density at radius 3 is 0.868 bits per heavy atom. The predicted octanol–water partition coefficient (Wildman–Crippen LogP) is 19.8. The van der Waals surface area contributed by atoms with Gasteiger partial charge in [0.1, 0.15) is 13.2 Å². The van der Waals surface area contributed by atoms with Crippen LogP contribution in [0.2, 0.25) is 0 Å². The van der Waals surface area contributed by atoms with Gasteiger partial charge in [-0.05, 0) is 77.0 Å². The fourth-order valence-electron chi connectivity index (χ4n) is 8.57. The molecule has 0 heterocycles. The molecule has 0 saturated carbocycles. The fraction of sp³-hybridized carbons (Fsp3) is 0.823. The van der Waals surface area contributed by atoms with Crippen molar-refractivity contribution in [3.05, 3.63) is 48.6 Å². The van der Waals surface area contributed by atoms with Gasteiger partial charge in [0, 0.05) is 19.3 Å². The average molecular weight is 954 g/mol. The number of unbranched alkanes of at least 4 members (excludes halogenated alkanes) is 35. The maximum atomic E-state index is 12.9. The lowest BCUT2D eigenvalue weighted by Gasteiger charge is -2.18. The van der Waals surface area contributed by atoms with Crippen LogP contribution in [0.5, 0.6) is 0 Å². The highest BCUT2D eigenvalue weighted by molar-refractivity contribution is 5.71. The Hall–Kier alpha value is -2.63. The topological polar surface area (TPSA) is 78.9 Å². The largest absolute Gasteiger partial charge is 0.462 e. The Balaban J connectivity index is 4.32. The van der Waals surface area contributed by atoms with E-state index in [-0.39, 0.29) is 31.1 Å². The van der Waals surface area contributed by atoms with Crippen LogP contribution in [0, 0.1) is 0 Å². The molecule has 6 nitrogen and oxygen atoms in total. The second-order valence-electron chi connectivity index (χ2n) is 19.9. The molecule has 0 aliphatic heterocycles. The number of ether oxygens (including phenoxy) is 3. The number of rotatable bonds is 54. The molecule has 0 aliphatic rings. The third kappa shape index (κ3) is 54.3. The SMILES string of the molecule is CCC/C=C\C/C=C\CCCCCCCC(=O)OCC(COC(=O)CCCCCCCCCCC/C=C\C/C=C\CCCCCCC)OC(=O)CCCCCCCCCCCCCCCCCC. The van der Waals surface area contributed by atoms with Crippen molar-refractivity contribution in [2.24, 2.45) is 0 Å². The standard InChI is InChI=1S/C62H112O6/c1-4-7-10-13-16-19-22-25-27-29-30-31-32-33-35-37-40-43-46-49-52-55-61(64)67-58-59(57-66-60(63)54-51-48-45-42-39-36-24-21-18-15-12-9-6-3)68-62(65)56-53-50-47-44-41-38-34-28-26-23-20-17-14-11-8-5-2/h12,15,21-22,24-25,29-30,59H,4-11,13-14,16-20,23,26-28,31-58H2,1-3H3/b15-12-,24-21-,25-22-,30-29-. The van der Waals surface area contributed by atoms with Crippen molar-refractivity contribution >= 4 is 17.9 Å². The summed E-state index contributed by atoms with van der Waals surface area (Å²) in [6.45, 7) is 6.59. The molecule has 1 unspecified atom stereocenters. The summed E-state index contributed by atoms with van der Waals surface area (Å²) in [6.07, 6.45) is 69.6. The summed E-state index contributed by atoms with van der Waals surface area (Å²) in [6, 6.07) is 0. The molecule has 6 heteroatoms. The molecule has 0 rings (SSSR count). The normalized spacial score (nSPS) is 12.3. The van der Waals surface area contributed by atoms with Crippen molar-refractivity contribution in [3.63, 3.8) is 0 Å². The molecular formula is C62H112O6. The van der Waals surface area contributed by atoms with Gasteiger partial charge in [0.25, 0.3) is 0 Å². The van der Waals surface area contributed by atoms with E-state index in [2.05, 4.69) is 69.4 Å². The first-order valence-electron chi connectivity index (χ1n) is 29.6. The molecule has 0 aromatic heterocycles. The Morgan fingerprint density at radius 1 is 0.294 bits per heavy atom. The van der Waals surface area contributed by atoms with Crippen molar-refractivity contribution in [2.75, 3.05) is 13.2 Å². The minimum absolute atomic E-state index is 0.0770. The van der Waals surface area contributed by atoms with E-state index in [1.165, 1.54) is 180 Å². The van der Waals surface area contributed by atoms with Crippen LogP contribution in [0.3, 0.4) is 0 Å². The van der Waals surface area contributed by atoms with Crippen LogP contribution >= 0.6 is 0 Å². The summed E-state index contributed by atoms with van der Waals surface area (Å²) < 4.78 is 16.9. The van der Waals surface area contributed by atoms with Crippen LogP contribution in [0.25, 0.3) is 0 Å². The van der Waals surface area contributed by atoms with Crippen molar-refractivity contribution in [3.8, 4) is 0 Å². The molecule has 68 heavy (non-hydrogen) atoms. The minimum Gasteiger partial charge on any atom is -0.462 e. The van der Waals surface area contributed by atoms with E-state index in [1.54, 1.807) is 0 Å². The van der Waals surface area contributed by atoms with Crippen LogP contribution in [-0.4, -0.2) is 37.2 Å². The van der Waals surface area contributed by atoms with Crippen molar-refractivity contribution in [2.45, 2.75) is 316 Å². The molecule has 0 N–H and O–H groups in total. The van der Waals surface area contributed by atoms with Crippen molar-refractivity contribution < 1.29 is 28.6 Å². The molecule has 0 radical (unpaired) electrons. The van der Waals surface area contributed by atoms with Crippen molar-refractivity contribution in [1.29, 1.82) is 0 Å². The monoisotopic (exact) mass is 953 g/mol. The molecule has 0 spiro atoms. The summed E-state index contributed by atoms with van der Waals surface area (Å²) in [5.41, 5.74) is 0. The highest BCUT2D eigenvalue weighted by atomic mass is 16.6. The first-order valence-corrected chi connectivity index (χ1v) is 29.6. The minimum atomic E-state index is -0.778. The average Bonchev–Trinajstić information content (AvgIpc) is 3.34. The van der Waals surface area contributed by atoms with Gasteiger partial charge < -0.3 is 14.2 Å². The summed E-state index contributed by atoms with van der Waals surface area (Å²) in [4.78, 5) is 38.2. The summed E-state index contributed by atoms with van der Waals surface area (Å²) >= 11 is 0. The van der Waals surface area contributed by atoms with Crippen LogP contribution in [0.15, 0.2) is 48.6 Å². The highest BCUT2D eigenvalue weighted by Crippen LogP contribution is 2.16. The fourth-order valence-corrected chi connectivity index (χ4v) is 8.57. The zero-order valence-corrected chi connectivity index (χ0v) is 45.4. The van der Waals surface area contributed by atoms with Gasteiger partial charge in [-0.2, -0.15) is 0 Å². The van der Waals surface area contributed by atoms with Gasteiger partial charge in [-0.3, -0.25) is 14.4 Å². The number of carbonyl (C=O) groups excluding carboxylic acids is 3. The van der Waals surface area contributed by atoms with Gasteiger partial charge >= 0.3 is 17.9 Å². The number of hydrogen-bond donors (Lipinski definition) is 0. The summed E-state index contributed by atoms with van der Waals surface area (Å²) in [5, 5.41) is 0. The molecule has 0 fully saturated rings. The zero-order valence-electron chi connectivity index (χ0n) is 45.4. The Labute approximate surface area is 422 Å². The van der Waals surface area contributed by atoms with Gasteiger partial charge in [-0.15, -0.1) is 0 Å². The van der Waals surface area contributed by atoms with E-state index in [9.17, 15) is 14.4 Å². The zero-order chi connectivity index (χ0) is 49.3. The van der Waals surface area contributed by atoms with Crippen LogP contribution < -0.4 is 0 Å². The lowest BCUT2D eigenvalue weighted by Crippen LogP contribution is -2.30. The molecule has 0 aromatic carbocycles. The Bertz CT molecular complexity index is 1190. The second kappa shape index (κ2) is 57.0. The van der Waals surface area contributed by atoms with Crippen LogP contribution in [-0.2, 0) is 28.6 Å². The Kier molecular flexibility index (Phi) is 54.8. The molecule has 0 aromatic rings. The van der Waals surface area contributed by atoms with Gasteiger partial charge in [-0.1, -0.05) is 262 Å². The smallest absolute Gasteiger partial charge is 0.306 e. The number of hydrogen-bond acceptors (Lipinski definition) is 6. The molecule has 0 saturated heterocycles. The van der Waals surface area contributed by atoms with E-state index in [1.807, 2.05) is 0 Å². The maximum absolute atomic E-state index is 12.9. The first-order chi connectivity index (χ1) is 33.5. The predicted molar refractivity (Wildman–Crippen MR) is 293 cm³/mol. The lowest BCUT2D eigenvalue weighted by atomic mass is 10.0. The van der Waals surface area contributed by atoms with Gasteiger partial charge in [-0.25, -0.2) is 0 Å². The molecule has 0 bridgehead atoms. The summed E-state index contributed by atoms with van der Waals surface area (Å²) in [7, 11) is 0. The third-order valence-electron chi connectivity index (χ3n) is 13.0. The Morgan fingerprint density at radius 2 is 0.559 bits per heavy atom. The number of esters is 3. The molecule has 396 valence electrons. The number of carbonyl (C=O) groups is 3. The number of allylic oxidation sites excluding steroid dienone is 8. The maximum Gasteiger partial charge on any atom is 0.306 e. The van der Waals surface area contributed by atoms with E-state index in [0.717, 1.165) is 89.9 Å². The van der Waals surface area contributed by atoms with Gasteiger partial charge in [0.05, 0.1) is 0 Å².